The molecule has 0 aliphatic heterocycles. The second kappa shape index (κ2) is 10.7. The predicted octanol–water partition coefficient (Wildman–Crippen LogP) is 7.09. The van der Waals surface area contributed by atoms with Crippen molar-refractivity contribution in [2.24, 2.45) is 10.9 Å². The molecule has 2 aromatic rings. The summed E-state index contributed by atoms with van der Waals surface area (Å²) in [4.78, 5) is 4.61. The van der Waals surface area contributed by atoms with Crippen LogP contribution in [0.1, 0.15) is 52.0 Å². The van der Waals surface area contributed by atoms with Gasteiger partial charge in [-0.2, -0.15) is 0 Å². The fourth-order valence-electron chi connectivity index (χ4n) is 2.88. The second-order valence-corrected chi connectivity index (χ2v) is 6.80. The number of aryl methyl sites for hydroxylation is 1. The smallest absolute Gasteiger partial charge is 0.0227 e. The summed E-state index contributed by atoms with van der Waals surface area (Å²) in [5, 5.41) is 0. The SMILES string of the molecule is CCCCC(C)C(C)=N/C=C\CCc1cccc(-c2ccccc2)c1. The lowest BCUT2D eigenvalue weighted by molar-refractivity contribution is 0.622. The zero-order valence-electron chi connectivity index (χ0n) is 15.9. The van der Waals surface area contributed by atoms with Crippen LogP contribution >= 0.6 is 0 Å². The molecule has 1 atom stereocenters. The Labute approximate surface area is 153 Å². The zero-order valence-corrected chi connectivity index (χ0v) is 15.9. The number of allylic oxidation sites excluding steroid dienone is 1. The molecule has 0 aliphatic rings. The fourth-order valence-corrected chi connectivity index (χ4v) is 2.88. The number of nitrogens with zero attached hydrogens (tertiary/aromatic N) is 1. The van der Waals surface area contributed by atoms with E-state index in [1.807, 2.05) is 6.20 Å². The molecule has 132 valence electrons. The second-order valence-electron chi connectivity index (χ2n) is 6.80. The van der Waals surface area contributed by atoms with Gasteiger partial charge in [0, 0.05) is 11.9 Å². The van der Waals surface area contributed by atoms with Crippen molar-refractivity contribution in [2.45, 2.75) is 52.9 Å². The summed E-state index contributed by atoms with van der Waals surface area (Å²) in [6.07, 6.45) is 10.0. The van der Waals surface area contributed by atoms with Crippen molar-refractivity contribution >= 4 is 5.71 Å². The van der Waals surface area contributed by atoms with E-state index in [4.69, 9.17) is 0 Å². The summed E-state index contributed by atoms with van der Waals surface area (Å²) < 4.78 is 0. The van der Waals surface area contributed by atoms with E-state index in [9.17, 15) is 0 Å². The van der Waals surface area contributed by atoms with Crippen molar-refractivity contribution in [2.75, 3.05) is 0 Å². The van der Waals surface area contributed by atoms with Gasteiger partial charge in [0.15, 0.2) is 0 Å². The largest absolute Gasteiger partial charge is 0.266 e. The van der Waals surface area contributed by atoms with Crippen LogP contribution in [0.5, 0.6) is 0 Å². The Morgan fingerprint density at radius 1 is 1.04 bits per heavy atom. The van der Waals surface area contributed by atoms with Crippen LogP contribution in [-0.2, 0) is 6.42 Å². The van der Waals surface area contributed by atoms with Gasteiger partial charge in [0.1, 0.15) is 0 Å². The maximum atomic E-state index is 4.61. The lowest BCUT2D eigenvalue weighted by Crippen LogP contribution is -2.05. The van der Waals surface area contributed by atoms with Crippen LogP contribution in [-0.4, -0.2) is 5.71 Å². The topological polar surface area (TPSA) is 12.4 Å². The van der Waals surface area contributed by atoms with Gasteiger partial charge < -0.3 is 0 Å². The van der Waals surface area contributed by atoms with Crippen molar-refractivity contribution in [3.05, 3.63) is 72.4 Å². The normalized spacial score (nSPS) is 13.3. The van der Waals surface area contributed by atoms with Gasteiger partial charge in [0.25, 0.3) is 0 Å². The quantitative estimate of drug-likeness (QED) is 0.434. The molecule has 0 fully saturated rings. The zero-order chi connectivity index (χ0) is 17.9. The Bertz CT molecular complexity index is 682. The van der Waals surface area contributed by atoms with Crippen LogP contribution in [0.3, 0.4) is 0 Å². The highest BCUT2D eigenvalue weighted by Gasteiger charge is 2.03. The monoisotopic (exact) mass is 333 g/mol. The molecule has 0 N–H and O–H groups in total. The summed E-state index contributed by atoms with van der Waals surface area (Å²) in [7, 11) is 0. The summed E-state index contributed by atoms with van der Waals surface area (Å²) in [5.74, 6) is 0.590. The molecule has 1 nitrogen and oxygen atoms in total. The van der Waals surface area contributed by atoms with Crippen LogP contribution in [0, 0.1) is 5.92 Å². The van der Waals surface area contributed by atoms with Gasteiger partial charge in [-0.3, -0.25) is 4.99 Å². The van der Waals surface area contributed by atoms with Crippen molar-refractivity contribution < 1.29 is 0 Å². The Kier molecular flexibility index (Phi) is 8.18. The summed E-state index contributed by atoms with van der Waals surface area (Å²) >= 11 is 0. The van der Waals surface area contributed by atoms with Gasteiger partial charge in [-0.05, 0) is 48.8 Å². The van der Waals surface area contributed by atoms with E-state index in [0.29, 0.717) is 5.92 Å². The number of benzene rings is 2. The van der Waals surface area contributed by atoms with Crippen LogP contribution in [0.15, 0.2) is 71.9 Å². The third kappa shape index (κ3) is 6.70. The highest BCUT2D eigenvalue weighted by molar-refractivity contribution is 5.84. The molecule has 0 aromatic heterocycles. The number of aliphatic imine (C=N–C) groups is 1. The molecule has 2 rings (SSSR count). The lowest BCUT2D eigenvalue weighted by atomic mass is 10.00. The van der Waals surface area contributed by atoms with Crippen LogP contribution in [0.4, 0.5) is 0 Å². The Morgan fingerprint density at radius 2 is 1.80 bits per heavy atom. The van der Waals surface area contributed by atoms with Crippen molar-refractivity contribution in [1.82, 2.24) is 0 Å². The minimum absolute atomic E-state index is 0.590. The van der Waals surface area contributed by atoms with Gasteiger partial charge in [-0.25, -0.2) is 0 Å². The molecule has 2 aromatic carbocycles. The molecule has 0 aliphatic carbocycles. The number of rotatable bonds is 9. The number of unbranched alkanes of at least 4 members (excludes halogenated alkanes) is 1. The van der Waals surface area contributed by atoms with Gasteiger partial charge >= 0.3 is 0 Å². The van der Waals surface area contributed by atoms with E-state index in [0.717, 1.165) is 12.8 Å². The molecule has 0 saturated heterocycles. The maximum Gasteiger partial charge on any atom is 0.0227 e. The first-order chi connectivity index (χ1) is 12.2. The highest BCUT2D eigenvalue weighted by atomic mass is 14.7. The molecule has 0 heterocycles. The third-order valence-corrected chi connectivity index (χ3v) is 4.72. The first-order valence-electron chi connectivity index (χ1n) is 9.54. The van der Waals surface area contributed by atoms with Gasteiger partial charge in [0.2, 0.25) is 0 Å². The minimum atomic E-state index is 0.590. The van der Waals surface area contributed by atoms with Gasteiger partial charge in [-0.1, -0.05) is 87.4 Å². The summed E-state index contributed by atoms with van der Waals surface area (Å²) in [6.45, 7) is 6.66. The van der Waals surface area contributed by atoms with Gasteiger partial charge in [-0.15, -0.1) is 0 Å². The summed E-state index contributed by atoms with van der Waals surface area (Å²) in [5.41, 5.74) is 5.20. The third-order valence-electron chi connectivity index (χ3n) is 4.72. The molecule has 0 saturated carbocycles. The molecule has 0 amide bonds. The first-order valence-corrected chi connectivity index (χ1v) is 9.54. The van der Waals surface area contributed by atoms with Crippen LogP contribution in [0.2, 0.25) is 0 Å². The fraction of sp³-hybridized carbons (Fsp3) is 0.375. The van der Waals surface area contributed by atoms with Crippen molar-refractivity contribution in [3.63, 3.8) is 0 Å². The van der Waals surface area contributed by atoms with Gasteiger partial charge in [0.05, 0.1) is 0 Å². The highest BCUT2D eigenvalue weighted by Crippen LogP contribution is 2.20. The lowest BCUT2D eigenvalue weighted by Gasteiger charge is -2.09. The van der Waals surface area contributed by atoms with E-state index >= 15 is 0 Å². The minimum Gasteiger partial charge on any atom is -0.266 e. The van der Waals surface area contributed by atoms with E-state index in [1.54, 1.807) is 0 Å². The molecule has 1 unspecified atom stereocenters. The van der Waals surface area contributed by atoms with E-state index in [2.05, 4.69) is 86.4 Å². The Balaban J connectivity index is 1.85. The molecular weight excluding hydrogens is 302 g/mol. The molecule has 0 radical (unpaired) electrons. The maximum absolute atomic E-state index is 4.61. The molecular formula is C24H31N. The molecule has 0 bridgehead atoms. The molecule has 25 heavy (non-hydrogen) atoms. The number of hydrogen-bond acceptors (Lipinski definition) is 1. The van der Waals surface area contributed by atoms with Crippen LogP contribution < -0.4 is 0 Å². The van der Waals surface area contributed by atoms with Crippen molar-refractivity contribution in [3.8, 4) is 11.1 Å². The molecule has 0 spiro atoms. The standard InChI is InChI=1S/C24H31N/c1-4-5-12-20(2)21(3)25-18-10-9-13-22-14-11-17-24(19-22)23-15-7-6-8-16-23/h6-8,10-11,14-20H,4-5,9,12-13H2,1-3H3/b18-10-,25-21?. The Morgan fingerprint density at radius 3 is 2.56 bits per heavy atom. The summed E-state index contributed by atoms with van der Waals surface area (Å²) in [6, 6.07) is 19.4. The first kappa shape index (κ1) is 19.2. The average Bonchev–Trinajstić information content (AvgIpc) is 2.66. The van der Waals surface area contributed by atoms with E-state index < -0.39 is 0 Å². The van der Waals surface area contributed by atoms with E-state index in [-0.39, 0.29) is 0 Å². The van der Waals surface area contributed by atoms with E-state index in [1.165, 1.54) is 41.7 Å². The van der Waals surface area contributed by atoms with Crippen molar-refractivity contribution in [1.29, 1.82) is 0 Å². The average molecular weight is 334 g/mol. The molecule has 1 heteroatoms. The van der Waals surface area contributed by atoms with Crippen LogP contribution in [0.25, 0.3) is 11.1 Å². The Hall–Kier alpha value is -2.15. The predicted molar refractivity (Wildman–Crippen MR) is 111 cm³/mol. The number of hydrogen-bond donors (Lipinski definition) is 0.